The van der Waals surface area contributed by atoms with Crippen LogP contribution >= 0.6 is 0 Å². The number of nitrogens with zero attached hydrogens (tertiary/aromatic N) is 2. The SMILES string of the molecule is O=C(O)c1cccc(N=Nc2ccccc2)c1O. The van der Waals surface area contributed by atoms with Gasteiger partial charge in [0, 0.05) is 0 Å². The minimum atomic E-state index is -1.20. The van der Waals surface area contributed by atoms with Gasteiger partial charge in [-0.05, 0) is 24.3 Å². The maximum Gasteiger partial charge on any atom is 0.339 e. The van der Waals surface area contributed by atoms with Crippen molar-refractivity contribution in [1.29, 1.82) is 0 Å². The molecule has 0 aliphatic rings. The number of aromatic carboxylic acids is 1. The van der Waals surface area contributed by atoms with E-state index in [2.05, 4.69) is 10.2 Å². The molecule has 0 spiro atoms. The van der Waals surface area contributed by atoms with Gasteiger partial charge in [0.2, 0.25) is 0 Å². The van der Waals surface area contributed by atoms with Gasteiger partial charge in [0.15, 0.2) is 5.75 Å². The third-order valence-corrected chi connectivity index (χ3v) is 2.27. The smallest absolute Gasteiger partial charge is 0.339 e. The van der Waals surface area contributed by atoms with Crippen molar-refractivity contribution in [2.75, 3.05) is 0 Å². The first-order valence-corrected chi connectivity index (χ1v) is 5.20. The highest BCUT2D eigenvalue weighted by molar-refractivity contribution is 5.92. The summed E-state index contributed by atoms with van der Waals surface area (Å²) < 4.78 is 0. The Hall–Kier alpha value is -2.69. The molecule has 2 N–H and O–H groups in total. The fraction of sp³-hybridized carbons (Fsp3) is 0. The zero-order chi connectivity index (χ0) is 13.0. The molecule has 2 aromatic carbocycles. The number of azo groups is 1. The number of aromatic hydroxyl groups is 1. The van der Waals surface area contributed by atoms with Gasteiger partial charge in [-0.15, -0.1) is 5.11 Å². The summed E-state index contributed by atoms with van der Waals surface area (Å²) in [5.74, 6) is -1.59. The van der Waals surface area contributed by atoms with E-state index in [1.165, 1.54) is 18.2 Å². The maximum absolute atomic E-state index is 10.8. The highest BCUT2D eigenvalue weighted by Gasteiger charge is 2.12. The van der Waals surface area contributed by atoms with Gasteiger partial charge in [-0.3, -0.25) is 0 Å². The van der Waals surface area contributed by atoms with Crippen molar-refractivity contribution in [3.8, 4) is 5.75 Å². The van der Waals surface area contributed by atoms with Crippen LogP contribution in [0, 0.1) is 0 Å². The van der Waals surface area contributed by atoms with Crippen molar-refractivity contribution in [2.45, 2.75) is 0 Å². The average Bonchev–Trinajstić information content (AvgIpc) is 2.38. The molecular weight excluding hydrogens is 232 g/mol. The van der Waals surface area contributed by atoms with Crippen molar-refractivity contribution < 1.29 is 15.0 Å². The van der Waals surface area contributed by atoms with Crippen molar-refractivity contribution >= 4 is 17.3 Å². The fourth-order valence-electron chi connectivity index (χ4n) is 1.39. The van der Waals surface area contributed by atoms with E-state index in [-0.39, 0.29) is 17.0 Å². The van der Waals surface area contributed by atoms with Gasteiger partial charge in [-0.2, -0.15) is 5.11 Å². The Morgan fingerprint density at radius 2 is 1.67 bits per heavy atom. The molecule has 18 heavy (non-hydrogen) atoms. The Kier molecular flexibility index (Phi) is 3.33. The topological polar surface area (TPSA) is 82.2 Å². The molecule has 2 aromatic rings. The standard InChI is InChI=1S/C13H10N2O3/c16-12-10(13(17)18)7-4-8-11(12)15-14-9-5-2-1-3-6-9/h1-8,16H,(H,17,18). The zero-order valence-electron chi connectivity index (χ0n) is 9.32. The van der Waals surface area contributed by atoms with Crippen molar-refractivity contribution in [3.05, 3.63) is 54.1 Å². The molecule has 0 radical (unpaired) electrons. The summed E-state index contributed by atoms with van der Waals surface area (Å²) >= 11 is 0. The molecule has 90 valence electrons. The van der Waals surface area contributed by atoms with Gasteiger partial charge in [-0.25, -0.2) is 4.79 Å². The number of hydrogen-bond donors (Lipinski definition) is 2. The van der Waals surface area contributed by atoms with Crippen LogP contribution in [0.4, 0.5) is 11.4 Å². The van der Waals surface area contributed by atoms with Crippen LogP contribution in [-0.4, -0.2) is 16.2 Å². The number of carboxylic acid groups (broad SMARTS) is 1. The Morgan fingerprint density at radius 3 is 2.33 bits per heavy atom. The monoisotopic (exact) mass is 242 g/mol. The van der Waals surface area contributed by atoms with E-state index in [0.29, 0.717) is 5.69 Å². The Bertz CT molecular complexity index is 594. The van der Waals surface area contributed by atoms with E-state index in [0.717, 1.165) is 0 Å². The lowest BCUT2D eigenvalue weighted by Gasteiger charge is -2.01. The van der Waals surface area contributed by atoms with E-state index in [1.807, 2.05) is 18.2 Å². The van der Waals surface area contributed by atoms with E-state index in [4.69, 9.17) is 5.11 Å². The number of para-hydroxylation sites is 1. The van der Waals surface area contributed by atoms with Crippen LogP contribution in [0.5, 0.6) is 5.75 Å². The van der Waals surface area contributed by atoms with E-state index < -0.39 is 5.97 Å². The predicted octanol–water partition coefficient (Wildman–Crippen LogP) is 3.51. The first-order chi connectivity index (χ1) is 8.68. The van der Waals surface area contributed by atoms with Gasteiger partial charge >= 0.3 is 5.97 Å². The van der Waals surface area contributed by atoms with Crippen LogP contribution in [0.1, 0.15) is 10.4 Å². The summed E-state index contributed by atoms with van der Waals surface area (Å²) in [5.41, 5.74) is 0.552. The molecule has 0 heterocycles. The summed E-state index contributed by atoms with van der Waals surface area (Å²) in [6, 6.07) is 13.3. The number of rotatable bonds is 3. The van der Waals surface area contributed by atoms with Crippen LogP contribution in [-0.2, 0) is 0 Å². The predicted molar refractivity (Wildman–Crippen MR) is 65.7 cm³/mol. The summed E-state index contributed by atoms with van der Waals surface area (Å²) in [6.07, 6.45) is 0. The van der Waals surface area contributed by atoms with Gasteiger partial charge in [0.05, 0.1) is 5.69 Å². The molecule has 0 bridgehead atoms. The van der Waals surface area contributed by atoms with Crippen molar-refractivity contribution in [3.63, 3.8) is 0 Å². The van der Waals surface area contributed by atoms with E-state index in [9.17, 15) is 9.90 Å². The fourth-order valence-corrected chi connectivity index (χ4v) is 1.39. The molecule has 0 unspecified atom stereocenters. The van der Waals surface area contributed by atoms with E-state index >= 15 is 0 Å². The molecule has 0 aromatic heterocycles. The number of carbonyl (C=O) groups is 1. The molecule has 0 saturated heterocycles. The average molecular weight is 242 g/mol. The molecule has 0 aliphatic heterocycles. The quantitative estimate of drug-likeness (QED) is 0.808. The number of phenols is 1. The second-order valence-electron chi connectivity index (χ2n) is 3.51. The third-order valence-electron chi connectivity index (χ3n) is 2.27. The van der Waals surface area contributed by atoms with Crippen molar-refractivity contribution in [1.82, 2.24) is 0 Å². The molecule has 0 atom stereocenters. The Balaban J connectivity index is 2.33. The molecular formula is C13H10N2O3. The molecule has 0 aliphatic carbocycles. The molecule has 0 amide bonds. The van der Waals surface area contributed by atoms with Crippen LogP contribution in [0.2, 0.25) is 0 Å². The minimum Gasteiger partial charge on any atom is -0.505 e. The molecule has 5 nitrogen and oxygen atoms in total. The Morgan fingerprint density at radius 1 is 0.944 bits per heavy atom. The molecule has 0 fully saturated rings. The molecule has 0 saturated carbocycles. The highest BCUT2D eigenvalue weighted by atomic mass is 16.4. The first kappa shape index (κ1) is 11.8. The number of carboxylic acids is 1. The van der Waals surface area contributed by atoms with Crippen LogP contribution in [0.3, 0.4) is 0 Å². The Labute approximate surface area is 103 Å². The van der Waals surface area contributed by atoms with Crippen molar-refractivity contribution in [2.24, 2.45) is 10.2 Å². The summed E-state index contributed by atoms with van der Waals surface area (Å²) in [7, 11) is 0. The normalized spacial score (nSPS) is 10.7. The third kappa shape index (κ3) is 2.52. The summed E-state index contributed by atoms with van der Waals surface area (Å²) in [4.78, 5) is 10.8. The minimum absolute atomic E-state index is 0.124. The largest absolute Gasteiger partial charge is 0.505 e. The van der Waals surface area contributed by atoms with Gasteiger partial charge in [0.25, 0.3) is 0 Å². The summed E-state index contributed by atoms with van der Waals surface area (Å²) in [6.45, 7) is 0. The molecule has 2 rings (SSSR count). The van der Waals surface area contributed by atoms with Crippen LogP contribution < -0.4 is 0 Å². The lowest BCUT2D eigenvalue weighted by molar-refractivity contribution is 0.0694. The highest BCUT2D eigenvalue weighted by Crippen LogP contribution is 2.31. The summed E-state index contributed by atoms with van der Waals surface area (Å²) in [5, 5.41) is 26.3. The van der Waals surface area contributed by atoms with Gasteiger partial charge in [0.1, 0.15) is 11.3 Å². The number of benzene rings is 2. The second-order valence-corrected chi connectivity index (χ2v) is 3.51. The first-order valence-electron chi connectivity index (χ1n) is 5.20. The van der Waals surface area contributed by atoms with Crippen LogP contribution in [0.25, 0.3) is 0 Å². The van der Waals surface area contributed by atoms with Gasteiger partial charge in [-0.1, -0.05) is 24.3 Å². The lowest BCUT2D eigenvalue weighted by Crippen LogP contribution is -1.95. The zero-order valence-corrected chi connectivity index (χ0v) is 9.32. The number of hydrogen-bond acceptors (Lipinski definition) is 4. The second kappa shape index (κ2) is 5.09. The van der Waals surface area contributed by atoms with Gasteiger partial charge < -0.3 is 10.2 Å². The molecule has 5 heteroatoms. The lowest BCUT2D eigenvalue weighted by atomic mass is 10.2. The maximum atomic E-state index is 10.8. The van der Waals surface area contributed by atoms with E-state index in [1.54, 1.807) is 12.1 Å². The van der Waals surface area contributed by atoms with Crippen LogP contribution in [0.15, 0.2) is 58.8 Å².